The number of hydrogen-bond acceptors (Lipinski definition) is 5. The molecule has 27 heavy (non-hydrogen) atoms. The molecule has 6 nitrogen and oxygen atoms in total. The van der Waals surface area contributed by atoms with E-state index < -0.39 is 0 Å². The third-order valence-corrected chi connectivity index (χ3v) is 6.00. The Morgan fingerprint density at radius 3 is 2.74 bits per heavy atom. The number of rotatable bonds is 5. The molecule has 3 aromatic heterocycles. The third-order valence-electron chi connectivity index (χ3n) is 5.03. The molecule has 0 saturated carbocycles. The molecule has 0 aromatic carbocycles. The van der Waals surface area contributed by atoms with E-state index in [4.69, 9.17) is 4.98 Å². The van der Waals surface area contributed by atoms with E-state index in [0.717, 1.165) is 35.4 Å². The molecular formula is C20H25N5OS. The highest BCUT2D eigenvalue weighted by Crippen LogP contribution is 2.32. The van der Waals surface area contributed by atoms with Crippen LogP contribution in [0.1, 0.15) is 40.0 Å². The Kier molecular flexibility index (Phi) is 4.74. The fourth-order valence-corrected chi connectivity index (χ4v) is 4.37. The number of nitrogens with zero attached hydrogens (tertiary/aromatic N) is 3. The first kappa shape index (κ1) is 18.1. The van der Waals surface area contributed by atoms with Crippen molar-refractivity contribution >= 4 is 28.3 Å². The number of aryl methyl sites for hydroxylation is 2. The van der Waals surface area contributed by atoms with Gasteiger partial charge in [0.05, 0.1) is 22.8 Å². The summed E-state index contributed by atoms with van der Waals surface area (Å²) >= 11 is 1.75. The Morgan fingerprint density at radius 2 is 2.15 bits per heavy atom. The largest absolute Gasteiger partial charge is 0.352 e. The molecule has 142 valence electrons. The summed E-state index contributed by atoms with van der Waals surface area (Å²) in [5, 5.41) is 11.6. The van der Waals surface area contributed by atoms with E-state index in [2.05, 4.69) is 49.5 Å². The smallest absolute Gasteiger partial charge is 0.252 e. The Hall–Kier alpha value is -2.25. The van der Waals surface area contributed by atoms with Gasteiger partial charge in [-0.15, -0.1) is 11.3 Å². The summed E-state index contributed by atoms with van der Waals surface area (Å²) in [7, 11) is 0. The van der Waals surface area contributed by atoms with Crippen LogP contribution in [0.2, 0.25) is 0 Å². The van der Waals surface area contributed by atoms with E-state index in [0.29, 0.717) is 18.0 Å². The third kappa shape index (κ3) is 3.37. The van der Waals surface area contributed by atoms with Crippen LogP contribution in [0.25, 0.3) is 22.3 Å². The lowest BCUT2D eigenvalue weighted by Gasteiger charge is -2.27. The maximum atomic E-state index is 13.0. The summed E-state index contributed by atoms with van der Waals surface area (Å²) in [6.45, 7) is 11.0. The number of nitrogens with one attached hydrogen (secondary N) is 2. The minimum absolute atomic E-state index is 0.0524. The number of carbonyl (C=O) groups is 1. The number of hydrogen-bond donors (Lipinski definition) is 2. The van der Waals surface area contributed by atoms with Gasteiger partial charge in [0.15, 0.2) is 5.65 Å². The van der Waals surface area contributed by atoms with Crippen LogP contribution in [0.5, 0.6) is 0 Å². The lowest BCUT2D eigenvalue weighted by atomic mass is 10.0. The van der Waals surface area contributed by atoms with Gasteiger partial charge < -0.3 is 10.6 Å². The highest BCUT2D eigenvalue weighted by Gasteiger charge is 2.22. The molecule has 0 aliphatic carbocycles. The number of aromatic nitrogens is 3. The summed E-state index contributed by atoms with van der Waals surface area (Å²) in [4.78, 5) is 20.3. The molecule has 1 aliphatic heterocycles. The van der Waals surface area contributed by atoms with Crippen LogP contribution >= 0.6 is 11.3 Å². The van der Waals surface area contributed by atoms with Gasteiger partial charge in [0.2, 0.25) is 0 Å². The van der Waals surface area contributed by atoms with Crippen molar-refractivity contribution in [3.63, 3.8) is 0 Å². The summed E-state index contributed by atoms with van der Waals surface area (Å²) < 4.78 is 1.89. The average molecular weight is 384 g/mol. The van der Waals surface area contributed by atoms with Gasteiger partial charge in [-0.3, -0.25) is 4.79 Å². The standard InChI is InChI=1S/C20H25N5OS/c1-11(2)25-19-17(10-23-25)16(20(26)22-9-14-7-21-8-14)6-18(24-19)15-5-12(3)27-13(15)4/h5-6,10-11,14,21H,7-9H2,1-4H3,(H,22,26). The number of carbonyl (C=O) groups excluding carboxylic acids is 1. The van der Waals surface area contributed by atoms with Crippen LogP contribution in [-0.2, 0) is 0 Å². The van der Waals surface area contributed by atoms with Crippen molar-refractivity contribution in [2.75, 3.05) is 19.6 Å². The fourth-order valence-electron chi connectivity index (χ4n) is 3.43. The first-order chi connectivity index (χ1) is 12.9. The van der Waals surface area contributed by atoms with E-state index in [9.17, 15) is 4.79 Å². The zero-order valence-electron chi connectivity index (χ0n) is 16.2. The van der Waals surface area contributed by atoms with Gasteiger partial charge in [-0.2, -0.15) is 5.10 Å². The molecule has 4 heterocycles. The number of pyridine rings is 1. The lowest BCUT2D eigenvalue weighted by Crippen LogP contribution is -2.48. The van der Waals surface area contributed by atoms with Crippen molar-refractivity contribution in [1.82, 2.24) is 25.4 Å². The fraction of sp³-hybridized carbons (Fsp3) is 0.450. The van der Waals surface area contributed by atoms with E-state index in [1.807, 2.05) is 10.7 Å². The van der Waals surface area contributed by atoms with Crippen molar-refractivity contribution in [1.29, 1.82) is 0 Å². The molecule has 1 saturated heterocycles. The Morgan fingerprint density at radius 1 is 1.37 bits per heavy atom. The van der Waals surface area contributed by atoms with Crippen molar-refractivity contribution in [3.05, 3.63) is 33.6 Å². The second kappa shape index (κ2) is 7.05. The lowest BCUT2D eigenvalue weighted by molar-refractivity contribution is 0.0944. The molecule has 3 aromatic rings. The monoisotopic (exact) mass is 383 g/mol. The molecule has 1 fully saturated rings. The van der Waals surface area contributed by atoms with E-state index >= 15 is 0 Å². The minimum Gasteiger partial charge on any atom is -0.352 e. The predicted octanol–water partition coefficient (Wildman–Crippen LogP) is 3.31. The SMILES string of the molecule is Cc1cc(-c2cc(C(=O)NCC3CNC3)c3cnn(C(C)C)c3n2)c(C)s1. The van der Waals surface area contributed by atoms with Crippen molar-refractivity contribution in [3.8, 4) is 11.3 Å². The maximum absolute atomic E-state index is 13.0. The van der Waals surface area contributed by atoms with Crippen molar-refractivity contribution in [2.24, 2.45) is 5.92 Å². The first-order valence-electron chi connectivity index (χ1n) is 9.38. The van der Waals surface area contributed by atoms with E-state index in [1.165, 1.54) is 9.75 Å². The Bertz CT molecular complexity index is 999. The number of amides is 1. The molecule has 1 amide bonds. The quantitative estimate of drug-likeness (QED) is 0.709. The predicted molar refractivity (Wildman–Crippen MR) is 109 cm³/mol. The van der Waals surface area contributed by atoms with Gasteiger partial charge in [-0.05, 0) is 39.8 Å². The summed E-state index contributed by atoms with van der Waals surface area (Å²) in [6, 6.07) is 4.23. The molecule has 0 bridgehead atoms. The Labute approximate surface area is 163 Å². The van der Waals surface area contributed by atoms with Crippen LogP contribution in [-0.4, -0.2) is 40.3 Å². The van der Waals surface area contributed by atoms with Crippen LogP contribution in [0.4, 0.5) is 0 Å². The summed E-state index contributed by atoms with van der Waals surface area (Å²) in [5.41, 5.74) is 3.34. The van der Waals surface area contributed by atoms with Gasteiger partial charge >= 0.3 is 0 Å². The molecule has 7 heteroatoms. The first-order valence-corrected chi connectivity index (χ1v) is 10.2. The zero-order chi connectivity index (χ0) is 19.1. The second-order valence-electron chi connectivity index (χ2n) is 7.54. The van der Waals surface area contributed by atoms with Crippen LogP contribution in [0, 0.1) is 19.8 Å². The van der Waals surface area contributed by atoms with E-state index in [-0.39, 0.29) is 11.9 Å². The number of fused-ring (bicyclic) bond motifs is 1. The molecular weight excluding hydrogens is 358 g/mol. The highest BCUT2D eigenvalue weighted by atomic mass is 32.1. The van der Waals surface area contributed by atoms with Crippen LogP contribution in [0.3, 0.4) is 0 Å². The normalized spacial score (nSPS) is 14.7. The van der Waals surface area contributed by atoms with Gasteiger partial charge in [0, 0.05) is 46.9 Å². The van der Waals surface area contributed by atoms with Crippen LogP contribution in [0.15, 0.2) is 18.3 Å². The van der Waals surface area contributed by atoms with E-state index in [1.54, 1.807) is 17.5 Å². The Balaban J connectivity index is 1.80. The molecule has 0 spiro atoms. The van der Waals surface area contributed by atoms with Gasteiger partial charge in [0.1, 0.15) is 0 Å². The number of thiophene rings is 1. The topological polar surface area (TPSA) is 71.8 Å². The van der Waals surface area contributed by atoms with Gasteiger partial charge in [-0.1, -0.05) is 0 Å². The zero-order valence-corrected chi connectivity index (χ0v) is 17.0. The molecule has 0 unspecified atom stereocenters. The van der Waals surface area contributed by atoms with Gasteiger partial charge in [0.25, 0.3) is 5.91 Å². The summed E-state index contributed by atoms with van der Waals surface area (Å²) in [5.74, 6) is 0.467. The van der Waals surface area contributed by atoms with Gasteiger partial charge in [-0.25, -0.2) is 9.67 Å². The van der Waals surface area contributed by atoms with Crippen molar-refractivity contribution < 1.29 is 4.79 Å². The van der Waals surface area contributed by atoms with Crippen LogP contribution < -0.4 is 10.6 Å². The average Bonchev–Trinajstić information content (AvgIpc) is 3.15. The molecule has 0 atom stereocenters. The molecule has 2 N–H and O–H groups in total. The second-order valence-corrected chi connectivity index (χ2v) is 9.00. The minimum atomic E-state index is -0.0524. The molecule has 1 aliphatic rings. The molecule has 4 rings (SSSR count). The molecule has 0 radical (unpaired) electrons. The maximum Gasteiger partial charge on any atom is 0.252 e. The summed E-state index contributed by atoms with van der Waals surface area (Å²) in [6.07, 6.45) is 1.76. The van der Waals surface area contributed by atoms with Crippen molar-refractivity contribution in [2.45, 2.75) is 33.7 Å². The highest BCUT2D eigenvalue weighted by molar-refractivity contribution is 7.12.